The van der Waals surface area contributed by atoms with Gasteiger partial charge in [0.15, 0.2) is 0 Å². The second kappa shape index (κ2) is 7.95. The second-order valence-electron chi connectivity index (χ2n) is 5.21. The van der Waals surface area contributed by atoms with Gasteiger partial charge in [0.05, 0.1) is 6.54 Å². The summed E-state index contributed by atoms with van der Waals surface area (Å²) in [7, 11) is 0. The van der Waals surface area contributed by atoms with Crippen LogP contribution in [0.3, 0.4) is 0 Å². The van der Waals surface area contributed by atoms with E-state index in [4.69, 9.17) is 0 Å². The minimum Gasteiger partial charge on any atom is -0.324 e. The van der Waals surface area contributed by atoms with Crippen LogP contribution in [0.25, 0.3) is 0 Å². The molecule has 0 aliphatic carbocycles. The van der Waals surface area contributed by atoms with E-state index >= 15 is 0 Å². The average Bonchev–Trinajstić information content (AvgIpc) is 2.33. The highest BCUT2D eigenvalue weighted by Crippen LogP contribution is 2.21. The van der Waals surface area contributed by atoms with Crippen LogP contribution in [0.4, 0.5) is 5.69 Å². The molecule has 1 aromatic carbocycles. The number of hydrogen-bond acceptors (Lipinski definition) is 2. The predicted octanol–water partition coefficient (Wildman–Crippen LogP) is 3.33. The van der Waals surface area contributed by atoms with E-state index in [1.54, 1.807) is 0 Å². The minimum absolute atomic E-state index is 0.0338. The molecule has 0 saturated carbocycles. The molecule has 106 valence electrons. The maximum Gasteiger partial charge on any atom is 0.238 e. The molecule has 0 atom stereocenters. The van der Waals surface area contributed by atoms with E-state index in [1.165, 1.54) is 18.4 Å². The Kier molecular flexibility index (Phi) is 6.57. The van der Waals surface area contributed by atoms with Crippen LogP contribution < -0.4 is 10.6 Å². The molecular weight excluding hydrogens is 236 g/mol. The van der Waals surface area contributed by atoms with E-state index in [-0.39, 0.29) is 5.91 Å². The van der Waals surface area contributed by atoms with E-state index in [9.17, 15) is 4.79 Å². The number of rotatable bonds is 7. The molecule has 0 aromatic heterocycles. The van der Waals surface area contributed by atoms with Crippen molar-refractivity contribution in [3.63, 3.8) is 0 Å². The first kappa shape index (κ1) is 15.7. The zero-order valence-electron chi connectivity index (χ0n) is 12.6. The van der Waals surface area contributed by atoms with Crippen molar-refractivity contribution in [2.75, 3.05) is 18.4 Å². The fourth-order valence-corrected chi connectivity index (χ4v) is 2.26. The van der Waals surface area contributed by atoms with Gasteiger partial charge >= 0.3 is 0 Å². The number of nitrogens with one attached hydrogen (secondary N) is 2. The quantitative estimate of drug-likeness (QED) is 0.740. The highest BCUT2D eigenvalue weighted by Gasteiger charge is 2.07. The number of amides is 1. The third kappa shape index (κ3) is 5.43. The van der Waals surface area contributed by atoms with Crippen molar-refractivity contribution >= 4 is 11.6 Å². The van der Waals surface area contributed by atoms with Crippen molar-refractivity contribution in [2.45, 2.75) is 47.0 Å². The van der Waals surface area contributed by atoms with E-state index in [1.807, 2.05) is 13.8 Å². The molecule has 0 heterocycles. The molecular formula is C16H26N2O. The summed E-state index contributed by atoms with van der Waals surface area (Å²) < 4.78 is 0. The van der Waals surface area contributed by atoms with Gasteiger partial charge in [0, 0.05) is 5.69 Å². The fraction of sp³-hybridized carbons (Fsp3) is 0.562. The second-order valence-corrected chi connectivity index (χ2v) is 5.21. The summed E-state index contributed by atoms with van der Waals surface area (Å²) in [6.07, 6.45) is 3.55. The first-order chi connectivity index (χ1) is 9.04. The maximum atomic E-state index is 11.9. The number of hydrogen-bond donors (Lipinski definition) is 2. The van der Waals surface area contributed by atoms with Crippen LogP contribution >= 0.6 is 0 Å². The Morgan fingerprint density at radius 3 is 2.32 bits per heavy atom. The predicted molar refractivity (Wildman–Crippen MR) is 81.7 cm³/mol. The summed E-state index contributed by atoms with van der Waals surface area (Å²) in [5.41, 5.74) is 4.42. The maximum absolute atomic E-state index is 11.9. The molecule has 1 aromatic rings. The molecule has 2 N–H and O–H groups in total. The number of aryl methyl sites for hydroxylation is 3. The normalized spacial score (nSPS) is 10.5. The molecule has 0 saturated heterocycles. The molecule has 0 aliphatic heterocycles. The van der Waals surface area contributed by atoms with Crippen molar-refractivity contribution in [3.05, 3.63) is 28.8 Å². The van der Waals surface area contributed by atoms with Crippen LogP contribution in [0.15, 0.2) is 12.1 Å². The third-order valence-corrected chi connectivity index (χ3v) is 3.18. The lowest BCUT2D eigenvalue weighted by molar-refractivity contribution is -0.115. The Morgan fingerprint density at radius 1 is 1.11 bits per heavy atom. The van der Waals surface area contributed by atoms with Crippen LogP contribution in [0.2, 0.25) is 0 Å². The fourth-order valence-electron chi connectivity index (χ4n) is 2.26. The van der Waals surface area contributed by atoms with Crippen molar-refractivity contribution in [1.82, 2.24) is 5.32 Å². The van der Waals surface area contributed by atoms with Gasteiger partial charge in [-0.05, 0) is 44.9 Å². The molecule has 3 nitrogen and oxygen atoms in total. The Labute approximate surface area is 116 Å². The highest BCUT2D eigenvalue weighted by atomic mass is 16.1. The Hall–Kier alpha value is -1.35. The summed E-state index contributed by atoms with van der Waals surface area (Å²) in [6, 6.07) is 4.19. The molecule has 0 aliphatic rings. The Bertz CT molecular complexity index is 404. The van der Waals surface area contributed by atoms with Crippen molar-refractivity contribution in [1.29, 1.82) is 0 Å². The lowest BCUT2D eigenvalue weighted by Gasteiger charge is -2.13. The largest absolute Gasteiger partial charge is 0.324 e. The first-order valence-corrected chi connectivity index (χ1v) is 7.13. The van der Waals surface area contributed by atoms with Gasteiger partial charge in [-0.15, -0.1) is 0 Å². The van der Waals surface area contributed by atoms with Crippen molar-refractivity contribution in [2.24, 2.45) is 0 Å². The molecule has 0 fully saturated rings. The highest BCUT2D eigenvalue weighted by molar-refractivity contribution is 5.93. The monoisotopic (exact) mass is 262 g/mol. The number of benzene rings is 1. The van der Waals surface area contributed by atoms with Crippen LogP contribution in [0.5, 0.6) is 0 Å². The number of carbonyl (C=O) groups excluding carboxylic acids is 1. The van der Waals surface area contributed by atoms with Crippen LogP contribution in [0.1, 0.15) is 42.9 Å². The van der Waals surface area contributed by atoms with Gasteiger partial charge in [0.1, 0.15) is 0 Å². The van der Waals surface area contributed by atoms with Gasteiger partial charge in [-0.1, -0.05) is 37.5 Å². The van der Waals surface area contributed by atoms with E-state index in [0.717, 1.165) is 29.8 Å². The molecule has 0 bridgehead atoms. The van der Waals surface area contributed by atoms with Crippen molar-refractivity contribution in [3.8, 4) is 0 Å². The molecule has 0 unspecified atom stereocenters. The zero-order valence-corrected chi connectivity index (χ0v) is 12.6. The van der Waals surface area contributed by atoms with Crippen LogP contribution in [-0.2, 0) is 4.79 Å². The number of anilines is 1. The smallest absolute Gasteiger partial charge is 0.238 e. The van der Waals surface area contributed by atoms with Crippen LogP contribution in [0, 0.1) is 20.8 Å². The lowest BCUT2D eigenvalue weighted by atomic mass is 10.1. The molecule has 19 heavy (non-hydrogen) atoms. The van der Waals surface area contributed by atoms with Gasteiger partial charge in [0.25, 0.3) is 0 Å². The van der Waals surface area contributed by atoms with E-state index in [0.29, 0.717) is 6.54 Å². The Balaban J connectivity index is 2.44. The van der Waals surface area contributed by atoms with Crippen LogP contribution in [-0.4, -0.2) is 19.0 Å². The van der Waals surface area contributed by atoms with E-state index in [2.05, 4.69) is 36.6 Å². The average molecular weight is 262 g/mol. The molecule has 3 heteroatoms. The zero-order chi connectivity index (χ0) is 14.3. The van der Waals surface area contributed by atoms with Gasteiger partial charge in [-0.25, -0.2) is 0 Å². The Morgan fingerprint density at radius 2 is 1.74 bits per heavy atom. The van der Waals surface area contributed by atoms with Gasteiger partial charge in [-0.2, -0.15) is 0 Å². The molecule has 0 radical (unpaired) electrons. The van der Waals surface area contributed by atoms with Gasteiger partial charge in [-0.3, -0.25) is 4.79 Å². The summed E-state index contributed by atoms with van der Waals surface area (Å²) in [6.45, 7) is 9.61. The van der Waals surface area contributed by atoms with Crippen molar-refractivity contribution < 1.29 is 4.79 Å². The van der Waals surface area contributed by atoms with Gasteiger partial charge in [0.2, 0.25) is 5.91 Å². The topological polar surface area (TPSA) is 41.1 Å². The minimum atomic E-state index is 0.0338. The summed E-state index contributed by atoms with van der Waals surface area (Å²) >= 11 is 0. The lowest BCUT2D eigenvalue weighted by Crippen LogP contribution is -2.29. The first-order valence-electron chi connectivity index (χ1n) is 7.13. The third-order valence-electron chi connectivity index (χ3n) is 3.18. The van der Waals surface area contributed by atoms with Gasteiger partial charge < -0.3 is 10.6 Å². The molecule has 1 amide bonds. The summed E-state index contributed by atoms with van der Waals surface area (Å²) in [5.74, 6) is 0.0338. The number of carbonyl (C=O) groups is 1. The summed E-state index contributed by atoms with van der Waals surface area (Å²) in [4.78, 5) is 11.9. The summed E-state index contributed by atoms with van der Waals surface area (Å²) in [5, 5.41) is 6.17. The molecule has 0 spiro atoms. The standard InChI is InChI=1S/C16H26N2O/c1-5-6-7-8-17-11-15(19)18-16-13(3)9-12(2)10-14(16)4/h9-10,17H,5-8,11H2,1-4H3,(H,18,19). The van der Waals surface area contributed by atoms with E-state index < -0.39 is 0 Å². The number of unbranched alkanes of at least 4 members (excludes halogenated alkanes) is 2. The SMILES string of the molecule is CCCCCNCC(=O)Nc1c(C)cc(C)cc1C. The molecule has 1 rings (SSSR count).